The number of nitrogens with zero attached hydrogens (tertiary/aromatic N) is 2. The number of aromatic nitrogens is 2. The maximum atomic E-state index is 12.5. The minimum atomic E-state index is -3.68. The van der Waals surface area contributed by atoms with Gasteiger partial charge in [-0.05, 0) is 49.4 Å². The third-order valence-corrected chi connectivity index (χ3v) is 5.13. The van der Waals surface area contributed by atoms with E-state index in [4.69, 9.17) is 9.47 Å². The molecule has 3 aromatic rings. The average molecular weight is 385 g/mol. The summed E-state index contributed by atoms with van der Waals surface area (Å²) in [6.45, 7) is 2.40. The van der Waals surface area contributed by atoms with Gasteiger partial charge in [0.2, 0.25) is 5.88 Å². The molecule has 0 amide bonds. The Morgan fingerprint density at radius 3 is 2.19 bits per heavy atom. The van der Waals surface area contributed by atoms with Gasteiger partial charge in [-0.1, -0.05) is 12.1 Å². The molecule has 140 valence electrons. The molecule has 3 rings (SSSR count). The van der Waals surface area contributed by atoms with Crippen LogP contribution in [0.15, 0.2) is 65.6 Å². The summed E-state index contributed by atoms with van der Waals surface area (Å²) in [4.78, 5) is 0.157. The van der Waals surface area contributed by atoms with E-state index in [-0.39, 0.29) is 4.90 Å². The number of nitrogens with one attached hydrogen (secondary N) is 1. The van der Waals surface area contributed by atoms with Gasteiger partial charge in [0.1, 0.15) is 5.75 Å². The fourth-order valence-corrected chi connectivity index (χ4v) is 3.44. The van der Waals surface area contributed by atoms with Crippen molar-refractivity contribution in [1.29, 1.82) is 0 Å². The van der Waals surface area contributed by atoms with Gasteiger partial charge >= 0.3 is 0 Å². The molecule has 1 aromatic heterocycles. The van der Waals surface area contributed by atoms with Crippen molar-refractivity contribution in [2.75, 3.05) is 18.4 Å². The maximum absolute atomic E-state index is 12.5. The predicted octanol–water partition coefficient (Wildman–Crippen LogP) is 3.35. The van der Waals surface area contributed by atoms with E-state index in [1.165, 1.54) is 19.2 Å². The molecule has 0 fully saturated rings. The van der Waals surface area contributed by atoms with Crippen molar-refractivity contribution < 1.29 is 17.9 Å². The highest BCUT2D eigenvalue weighted by Crippen LogP contribution is 2.23. The van der Waals surface area contributed by atoms with E-state index in [9.17, 15) is 8.42 Å². The fourth-order valence-electron chi connectivity index (χ4n) is 2.38. The van der Waals surface area contributed by atoms with Crippen molar-refractivity contribution in [2.24, 2.45) is 0 Å². The lowest BCUT2D eigenvalue weighted by molar-refractivity contribution is 0.323. The summed E-state index contributed by atoms with van der Waals surface area (Å²) in [5, 5.41) is 8.10. The van der Waals surface area contributed by atoms with Gasteiger partial charge in [-0.15, -0.1) is 10.2 Å². The molecule has 0 saturated carbocycles. The van der Waals surface area contributed by atoms with Crippen LogP contribution in [-0.4, -0.2) is 32.3 Å². The lowest BCUT2D eigenvalue weighted by atomic mass is 10.1. The van der Waals surface area contributed by atoms with Gasteiger partial charge in [-0.25, -0.2) is 8.42 Å². The predicted molar refractivity (Wildman–Crippen MR) is 102 cm³/mol. The zero-order valence-electron chi connectivity index (χ0n) is 14.9. The van der Waals surface area contributed by atoms with Crippen molar-refractivity contribution >= 4 is 15.7 Å². The number of hydrogen-bond donors (Lipinski definition) is 1. The van der Waals surface area contributed by atoms with Gasteiger partial charge in [-0.3, -0.25) is 4.72 Å². The third-order valence-electron chi connectivity index (χ3n) is 3.73. The van der Waals surface area contributed by atoms with Crippen molar-refractivity contribution in [2.45, 2.75) is 11.8 Å². The highest BCUT2D eigenvalue weighted by Gasteiger charge is 2.14. The normalized spacial score (nSPS) is 11.0. The molecule has 0 atom stereocenters. The minimum Gasteiger partial charge on any atom is -0.497 e. The molecule has 27 heavy (non-hydrogen) atoms. The number of ether oxygens (including phenoxy) is 2. The van der Waals surface area contributed by atoms with Crippen LogP contribution < -0.4 is 14.2 Å². The Morgan fingerprint density at radius 2 is 1.63 bits per heavy atom. The van der Waals surface area contributed by atoms with E-state index in [1.54, 1.807) is 48.5 Å². The Labute approximate surface area is 158 Å². The van der Waals surface area contributed by atoms with Crippen molar-refractivity contribution in [3.05, 3.63) is 60.7 Å². The summed E-state index contributed by atoms with van der Waals surface area (Å²) in [5.41, 5.74) is 1.94. The van der Waals surface area contributed by atoms with E-state index in [1.807, 2.05) is 6.92 Å². The van der Waals surface area contributed by atoms with E-state index in [2.05, 4.69) is 14.9 Å². The van der Waals surface area contributed by atoms with Crippen LogP contribution in [0.3, 0.4) is 0 Å². The van der Waals surface area contributed by atoms with Crippen LogP contribution in [0.5, 0.6) is 11.6 Å². The SMILES string of the molecule is CCOc1ccc(-c2ccc(NS(=O)(=O)c3ccc(OC)cc3)cc2)nn1. The Balaban J connectivity index is 1.74. The van der Waals surface area contributed by atoms with Crippen molar-refractivity contribution in [3.63, 3.8) is 0 Å². The van der Waals surface area contributed by atoms with E-state index >= 15 is 0 Å². The number of sulfonamides is 1. The summed E-state index contributed by atoms with van der Waals surface area (Å²) >= 11 is 0. The number of benzene rings is 2. The first kappa shape index (κ1) is 18.7. The number of hydrogen-bond acceptors (Lipinski definition) is 6. The van der Waals surface area contributed by atoms with Crippen LogP contribution in [-0.2, 0) is 10.0 Å². The minimum absolute atomic E-state index is 0.157. The first-order valence-electron chi connectivity index (χ1n) is 8.25. The molecular weight excluding hydrogens is 366 g/mol. The van der Waals surface area contributed by atoms with Gasteiger partial charge in [-0.2, -0.15) is 0 Å². The molecule has 0 saturated heterocycles. The van der Waals surface area contributed by atoms with E-state index in [0.29, 0.717) is 29.6 Å². The van der Waals surface area contributed by atoms with Crippen LogP contribution in [0.4, 0.5) is 5.69 Å². The van der Waals surface area contributed by atoms with Crippen LogP contribution in [0.2, 0.25) is 0 Å². The van der Waals surface area contributed by atoms with Gasteiger partial charge in [0.05, 0.1) is 24.3 Å². The van der Waals surface area contributed by atoms with Gasteiger partial charge in [0.15, 0.2) is 0 Å². The Kier molecular flexibility index (Phi) is 5.56. The van der Waals surface area contributed by atoms with Gasteiger partial charge < -0.3 is 9.47 Å². The molecule has 1 N–H and O–H groups in total. The summed E-state index contributed by atoms with van der Waals surface area (Å²) in [5.74, 6) is 1.06. The molecule has 0 spiro atoms. The summed E-state index contributed by atoms with van der Waals surface area (Å²) in [6, 6.07) is 16.6. The number of rotatable bonds is 7. The second kappa shape index (κ2) is 8.05. The summed E-state index contributed by atoms with van der Waals surface area (Å²) in [6.07, 6.45) is 0. The van der Waals surface area contributed by atoms with Crippen LogP contribution >= 0.6 is 0 Å². The Bertz CT molecular complexity index is 987. The molecule has 1 heterocycles. The molecule has 0 aliphatic rings. The lowest BCUT2D eigenvalue weighted by Gasteiger charge is -2.09. The van der Waals surface area contributed by atoms with Crippen LogP contribution in [0.1, 0.15) is 6.92 Å². The average Bonchev–Trinajstić information content (AvgIpc) is 2.69. The third kappa shape index (κ3) is 4.53. The topological polar surface area (TPSA) is 90.4 Å². The van der Waals surface area contributed by atoms with Gasteiger partial charge in [0, 0.05) is 17.3 Å². The Hall–Kier alpha value is -3.13. The number of methoxy groups -OCH3 is 1. The maximum Gasteiger partial charge on any atom is 0.261 e. The molecule has 0 unspecified atom stereocenters. The van der Waals surface area contributed by atoms with Crippen molar-refractivity contribution in [3.8, 4) is 22.9 Å². The Morgan fingerprint density at radius 1 is 0.926 bits per heavy atom. The van der Waals surface area contributed by atoms with Crippen LogP contribution in [0, 0.1) is 0 Å². The van der Waals surface area contributed by atoms with E-state index in [0.717, 1.165) is 5.56 Å². The van der Waals surface area contributed by atoms with Crippen molar-refractivity contribution in [1.82, 2.24) is 10.2 Å². The highest BCUT2D eigenvalue weighted by atomic mass is 32.2. The quantitative estimate of drug-likeness (QED) is 0.671. The first-order valence-corrected chi connectivity index (χ1v) is 9.74. The zero-order valence-corrected chi connectivity index (χ0v) is 15.7. The molecule has 0 aliphatic carbocycles. The van der Waals surface area contributed by atoms with Crippen LogP contribution in [0.25, 0.3) is 11.3 Å². The molecular formula is C19H19N3O4S. The molecule has 0 bridgehead atoms. The van der Waals surface area contributed by atoms with E-state index < -0.39 is 10.0 Å². The zero-order chi connectivity index (χ0) is 19.3. The second-order valence-corrected chi connectivity index (χ2v) is 7.23. The molecule has 2 aromatic carbocycles. The highest BCUT2D eigenvalue weighted by molar-refractivity contribution is 7.92. The van der Waals surface area contributed by atoms with Gasteiger partial charge in [0.25, 0.3) is 10.0 Å². The first-order chi connectivity index (χ1) is 13.0. The number of anilines is 1. The fraction of sp³-hybridized carbons (Fsp3) is 0.158. The smallest absolute Gasteiger partial charge is 0.261 e. The summed E-state index contributed by atoms with van der Waals surface area (Å²) < 4.78 is 37.8. The standard InChI is InChI=1S/C19H19N3O4S/c1-3-26-19-13-12-18(20-21-19)14-4-6-15(7-5-14)22-27(23,24)17-10-8-16(25-2)9-11-17/h4-13,22H,3H2,1-2H3. The second-order valence-electron chi connectivity index (χ2n) is 5.55. The molecule has 8 heteroatoms. The molecule has 0 aliphatic heterocycles. The lowest BCUT2D eigenvalue weighted by Crippen LogP contribution is -2.12. The molecule has 7 nitrogen and oxygen atoms in total. The summed E-state index contributed by atoms with van der Waals surface area (Å²) in [7, 11) is -2.15. The molecule has 0 radical (unpaired) electrons. The largest absolute Gasteiger partial charge is 0.497 e. The monoisotopic (exact) mass is 385 g/mol.